The van der Waals surface area contributed by atoms with E-state index in [0.717, 1.165) is 11.8 Å². The van der Waals surface area contributed by atoms with Crippen LogP contribution in [0, 0.1) is 11.8 Å². The summed E-state index contributed by atoms with van der Waals surface area (Å²) in [6, 6.07) is 0. The van der Waals surface area contributed by atoms with Crippen LogP contribution in [0.1, 0.15) is 67.2 Å². The monoisotopic (exact) mass is 326 g/mol. The first-order valence-electron chi connectivity index (χ1n) is 6.76. The second-order valence-corrected chi connectivity index (χ2v) is 5.56. The van der Waals surface area contributed by atoms with Gasteiger partial charge < -0.3 is 0 Å². The van der Waals surface area contributed by atoms with E-state index in [-0.39, 0.29) is 19.5 Å². The van der Waals surface area contributed by atoms with Gasteiger partial charge in [0.05, 0.1) is 0 Å². The van der Waals surface area contributed by atoms with Gasteiger partial charge in [-0.3, -0.25) is 0 Å². The third-order valence-electron chi connectivity index (χ3n) is 1.33. The quantitative estimate of drug-likeness (QED) is 0.379. The number of rotatable bonds is 0. The molecule has 0 heterocycles. The summed E-state index contributed by atoms with van der Waals surface area (Å²) >= 11 is 0. The van der Waals surface area contributed by atoms with Crippen LogP contribution in [-0.2, 0) is 19.5 Å². The molecule has 1 heteroatoms. The summed E-state index contributed by atoms with van der Waals surface area (Å²) in [5.41, 5.74) is 0. The Kier molecular flexibility index (Phi) is 24.2. The maximum Gasteiger partial charge on any atom is 0 e. The minimum absolute atomic E-state index is 0. The summed E-state index contributed by atoms with van der Waals surface area (Å²) in [4.78, 5) is 0. The Bertz CT molecular complexity index is 129. The Morgan fingerprint density at radius 2 is 0.647 bits per heavy atom. The molecule has 0 unspecified atom stereocenters. The second kappa shape index (κ2) is 18.5. The van der Waals surface area contributed by atoms with Gasteiger partial charge in [0.25, 0.3) is 0 Å². The van der Waals surface area contributed by atoms with Gasteiger partial charge in [-0.05, 0) is 37.5 Å². The van der Waals surface area contributed by atoms with Crippen molar-refractivity contribution in [3.05, 3.63) is 24.3 Å². The average Bonchev–Trinajstić information content (AvgIpc) is 1.98. The molecule has 17 heavy (non-hydrogen) atoms. The molecule has 0 saturated carbocycles. The topological polar surface area (TPSA) is 0 Å². The number of hydrogen-bond donors (Lipinski definition) is 0. The molecule has 0 fully saturated rings. The molecule has 0 aromatic rings. The van der Waals surface area contributed by atoms with Gasteiger partial charge >= 0.3 is 0 Å². The van der Waals surface area contributed by atoms with Crippen LogP contribution in [0.25, 0.3) is 0 Å². The van der Waals surface area contributed by atoms with Gasteiger partial charge in [-0.1, -0.05) is 65.8 Å². The van der Waals surface area contributed by atoms with Gasteiger partial charge in [0.1, 0.15) is 0 Å². The Hall–Kier alpha value is 0.103. The van der Waals surface area contributed by atoms with Crippen LogP contribution in [0.15, 0.2) is 24.3 Å². The van der Waals surface area contributed by atoms with Gasteiger partial charge in [-0.15, -0.1) is 0 Å². The van der Waals surface area contributed by atoms with Crippen molar-refractivity contribution in [1.29, 1.82) is 0 Å². The van der Waals surface area contributed by atoms with E-state index in [9.17, 15) is 0 Å². The molecule has 0 nitrogen and oxygen atoms in total. The maximum atomic E-state index is 2.27. The Labute approximate surface area is 123 Å². The van der Waals surface area contributed by atoms with Crippen molar-refractivity contribution < 1.29 is 19.5 Å². The SMILES string of the molecule is C1=CCCC=CCC1.CC(C)C.CC(C)C.[Ru]. The zero-order valence-corrected chi connectivity index (χ0v) is 14.4. The van der Waals surface area contributed by atoms with Crippen LogP contribution in [0.5, 0.6) is 0 Å². The van der Waals surface area contributed by atoms with E-state index < -0.39 is 0 Å². The molecule has 0 aromatic carbocycles. The molecular formula is C16H32Ru. The molecule has 0 aromatic heterocycles. The summed E-state index contributed by atoms with van der Waals surface area (Å²) in [6.45, 7) is 13.0. The predicted octanol–water partition coefficient (Wildman–Crippen LogP) is 5.99. The Morgan fingerprint density at radius 1 is 0.529 bits per heavy atom. The Balaban J connectivity index is -0.000000189. The van der Waals surface area contributed by atoms with Gasteiger partial charge in [-0.2, -0.15) is 0 Å². The van der Waals surface area contributed by atoms with Gasteiger partial charge in [0.2, 0.25) is 0 Å². The van der Waals surface area contributed by atoms with Crippen LogP contribution in [-0.4, -0.2) is 0 Å². The Morgan fingerprint density at radius 3 is 0.765 bits per heavy atom. The van der Waals surface area contributed by atoms with Gasteiger partial charge in [-0.25, -0.2) is 0 Å². The first kappa shape index (κ1) is 22.3. The van der Waals surface area contributed by atoms with Crippen molar-refractivity contribution >= 4 is 0 Å². The summed E-state index contributed by atoms with van der Waals surface area (Å²) < 4.78 is 0. The minimum Gasteiger partial charge on any atom is -0.0882 e. The molecule has 104 valence electrons. The number of allylic oxidation sites excluding steroid dienone is 4. The molecule has 1 rings (SSSR count). The van der Waals surface area contributed by atoms with E-state index in [2.05, 4.69) is 65.8 Å². The van der Waals surface area contributed by atoms with Crippen LogP contribution < -0.4 is 0 Å². The fourth-order valence-electron chi connectivity index (χ4n) is 0.856. The normalized spacial score (nSPS) is 13.6. The molecule has 0 aliphatic heterocycles. The molecule has 0 bridgehead atoms. The van der Waals surface area contributed by atoms with E-state index in [1.165, 1.54) is 25.7 Å². The molecule has 0 amide bonds. The maximum absolute atomic E-state index is 2.27. The predicted molar refractivity (Wildman–Crippen MR) is 77.8 cm³/mol. The van der Waals surface area contributed by atoms with Crippen LogP contribution in [0.3, 0.4) is 0 Å². The molecule has 0 atom stereocenters. The summed E-state index contributed by atoms with van der Waals surface area (Å²) in [6.07, 6.45) is 14.0. The first-order valence-corrected chi connectivity index (χ1v) is 6.76. The molecule has 1 aliphatic carbocycles. The molecule has 1 aliphatic rings. The molecule has 0 radical (unpaired) electrons. The molecule has 0 spiro atoms. The average molecular weight is 326 g/mol. The number of hydrogen-bond acceptors (Lipinski definition) is 0. The third-order valence-corrected chi connectivity index (χ3v) is 1.33. The standard InChI is InChI=1S/C8H12.2C4H10.Ru/c1-2-4-6-8-7-5-3-1;2*1-4(2)3;/h1-2,7-8H,3-6H2;2*4H,1-3H3;. The summed E-state index contributed by atoms with van der Waals surface area (Å²) in [7, 11) is 0. The fourth-order valence-corrected chi connectivity index (χ4v) is 0.856. The van der Waals surface area contributed by atoms with Crippen molar-refractivity contribution in [2.45, 2.75) is 67.2 Å². The van der Waals surface area contributed by atoms with Crippen LogP contribution >= 0.6 is 0 Å². The van der Waals surface area contributed by atoms with Crippen molar-refractivity contribution in [1.82, 2.24) is 0 Å². The van der Waals surface area contributed by atoms with Gasteiger partial charge in [0, 0.05) is 19.5 Å². The van der Waals surface area contributed by atoms with Crippen molar-refractivity contribution in [3.63, 3.8) is 0 Å². The van der Waals surface area contributed by atoms with E-state index >= 15 is 0 Å². The first-order chi connectivity index (χ1) is 7.46. The second-order valence-electron chi connectivity index (χ2n) is 5.56. The van der Waals surface area contributed by atoms with E-state index in [0.29, 0.717) is 0 Å². The minimum atomic E-state index is 0. The zero-order chi connectivity index (χ0) is 12.8. The van der Waals surface area contributed by atoms with Crippen LogP contribution in [0.4, 0.5) is 0 Å². The van der Waals surface area contributed by atoms with Crippen molar-refractivity contribution in [3.8, 4) is 0 Å². The van der Waals surface area contributed by atoms with E-state index in [1.807, 2.05) is 0 Å². The summed E-state index contributed by atoms with van der Waals surface area (Å²) in [5, 5.41) is 0. The van der Waals surface area contributed by atoms with Crippen LogP contribution in [0.2, 0.25) is 0 Å². The zero-order valence-electron chi connectivity index (χ0n) is 12.6. The van der Waals surface area contributed by atoms with E-state index in [4.69, 9.17) is 0 Å². The summed E-state index contributed by atoms with van der Waals surface area (Å²) in [5.74, 6) is 1.67. The molecular weight excluding hydrogens is 293 g/mol. The van der Waals surface area contributed by atoms with Gasteiger partial charge in [0.15, 0.2) is 0 Å². The van der Waals surface area contributed by atoms with E-state index in [1.54, 1.807) is 0 Å². The smallest absolute Gasteiger partial charge is 0 e. The van der Waals surface area contributed by atoms with Crippen molar-refractivity contribution in [2.24, 2.45) is 11.8 Å². The largest absolute Gasteiger partial charge is 0.0882 e. The van der Waals surface area contributed by atoms with Crippen molar-refractivity contribution in [2.75, 3.05) is 0 Å². The molecule has 0 N–H and O–H groups in total. The third kappa shape index (κ3) is 48.8. The fraction of sp³-hybridized carbons (Fsp3) is 0.750. The molecule has 0 saturated heterocycles.